The van der Waals surface area contributed by atoms with Crippen LogP contribution < -0.4 is 10.2 Å². The van der Waals surface area contributed by atoms with Gasteiger partial charge in [-0.1, -0.05) is 6.58 Å². The van der Waals surface area contributed by atoms with Crippen LogP contribution in [0.4, 0.5) is 5.69 Å². The second-order valence-electron chi connectivity index (χ2n) is 5.89. The van der Waals surface area contributed by atoms with Crippen LogP contribution in [0.3, 0.4) is 0 Å². The van der Waals surface area contributed by atoms with Crippen molar-refractivity contribution in [3.63, 3.8) is 0 Å². The van der Waals surface area contributed by atoms with Gasteiger partial charge in [0, 0.05) is 30.9 Å². The van der Waals surface area contributed by atoms with Crippen LogP contribution >= 0.6 is 0 Å². The molecule has 3 amide bonds. The molecule has 0 aliphatic carbocycles. The van der Waals surface area contributed by atoms with Crippen molar-refractivity contribution in [3.8, 4) is 0 Å². The predicted molar refractivity (Wildman–Crippen MR) is 86.0 cm³/mol. The fourth-order valence-electron chi connectivity index (χ4n) is 3.14. The molecule has 120 valence electrons. The van der Waals surface area contributed by atoms with Crippen molar-refractivity contribution in [1.29, 1.82) is 0 Å². The third kappa shape index (κ3) is 2.72. The lowest BCUT2D eigenvalue weighted by Gasteiger charge is -2.31. The monoisotopic (exact) mass is 313 g/mol. The molecule has 2 bridgehead atoms. The number of likely N-dealkylation sites (N-methyl/N-ethyl adjacent to an activating group) is 1. The molecule has 0 saturated carbocycles. The standard InChI is InChI=1S/C17H19N3O3/c1-3-15(21)19(2)13-6-4-11(5-7-13)17(23)20-9-8-12-10-14(20)16(22)18-12/h3-7,12,14H,1,8-10H2,2H3,(H,18,22). The number of benzene rings is 1. The van der Waals surface area contributed by atoms with E-state index in [1.807, 2.05) is 0 Å². The smallest absolute Gasteiger partial charge is 0.254 e. The normalized spacial score (nSPS) is 22.5. The van der Waals surface area contributed by atoms with Crippen molar-refractivity contribution < 1.29 is 14.4 Å². The number of fused-ring (bicyclic) bond motifs is 2. The van der Waals surface area contributed by atoms with Crippen molar-refractivity contribution in [1.82, 2.24) is 10.2 Å². The van der Waals surface area contributed by atoms with Crippen LogP contribution in [0.15, 0.2) is 36.9 Å². The first-order valence-electron chi connectivity index (χ1n) is 7.63. The van der Waals surface area contributed by atoms with Crippen molar-refractivity contribution >= 4 is 23.4 Å². The summed E-state index contributed by atoms with van der Waals surface area (Å²) in [6, 6.07) is 6.66. The molecular formula is C17H19N3O3. The maximum Gasteiger partial charge on any atom is 0.254 e. The predicted octanol–water partition coefficient (Wildman–Crippen LogP) is 0.938. The van der Waals surface area contributed by atoms with Gasteiger partial charge in [-0.25, -0.2) is 0 Å². The molecule has 0 radical (unpaired) electrons. The number of anilines is 1. The maximum atomic E-state index is 12.7. The Hall–Kier alpha value is -2.63. The molecule has 2 aliphatic heterocycles. The average Bonchev–Trinajstić information content (AvgIpc) is 2.87. The number of carbonyl (C=O) groups is 3. The quantitative estimate of drug-likeness (QED) is 0.844. The van der Waals surface area contributed by atoms with Gasteiger partial charge in [0.25, 0.3) is 5.91 Å². The van der Waals surface area contributed by atoms with Gasteiger partial charge >= 0.3 is 0 Å². The highest BCUT2D eigenvalue weighted by Crippen LogP contribution is 2.26. The molecule has 3 rings (SSSR count). The number of nitrogens with one attached hydrogen (secondary N) is 1. The van der Waals surface area contributed by atoms with E-state index >= 15 is 0 Å². The van der Waals surface area contributed by atoms with Crippen LogP contribution in [-0.4, -0.2) is 48.3 Å². The van der Waals surface area contributed by atoms with E-state index in [4.69, 9.17) is 0 Å². The first-order chi connectivity index (χ1) is 11.0. The van der Waals surface area contributed by atoms with Crippen molar-refractivity contribution in [2.75, 3.05) is 18.5 Å². The first-order valence-corrected chi connectivity index (χ1v) is 7.63. The third-order valence-electron chi connectivity index (χ3n) is 4.52. The van der Waals surface area contributed by atoms with Gasteiger partial charge in [-0.05, 0) is 43.2 Å². The number of carbonyl (C=O) groups excluding carboxylic acids is 3. The molecule has 2 fully saturated rings. The number of nitrogens with zero attached hydrogens (tertiary/aromatic N) is 2. The van der Waals surface area contributed by atoms with Crippen LogP contribution in [0.25, 0.3) is 0 Å². The second kappa shape index (κ2) is 5.87. The first kappa shape index (κ1) is 15.3. The summed E-state index contributed by atoms with van der Waals surface area (Å²) < 4.78 is 0. The van der Waals surface area contributed by atoms with E-state index in [1.54, 1.807) is 36.2 Å². The minimum atomic E-state index is -0.356. The zero-order chi connectivity index (χ0) is 16.6. The third-order valence-corrected chi connectivity index (χ3v) is 4.52. The number of amides is 3. The highest BCUT2D eigenvalue weighted by Gasteiger charge is 2.42. The van der Waals surface area contributed by atoms with Crippen molar-refractivity contribution in [3.05, 3.63) is 42.5 Å². The molecule has 2 unspecified atom stereocenters. The molecule has 6 heteroatoms. The van der Waals surface area contributed by atoms with Gasteiger partial charge in [0.2, 0.25) is 11.8 Å². The van der Waals surface area contributed by atoms with Crippen LogP contribution in [0, 0.1) is 0 Å². The molecule has 0 aromatic heterocycles. The summed E-state index contributed by atoms with van der Waals surface area (Å²) in [5.74, 6) is -0.419. The van der Waals surface area contributed by atoms with Gasteiger partial charge in [0.1, 0.15) is 6.04 Å². The second-order valence-corrected chi connectivity index (χ2v) is 5.89. The molecule has 2 aliphatic rings. The van der Waals surface area contributed by atoms with Crippen LogP contribution in [0.2, 0.25) is 0 Å². The fourth-order valence-corrected chi connectivity index (χ4v) is 3.14. The van der Waals surface area contributed by atoms with E-state index in [2.05, 4.69) is 11.9 Å². The van der Waals surface area contributed by atoms with Crippen LogP contribution in [0.5, 0.6) is 0 Å². The summed E-state index contributed by atoms with van der Waals surface area (Å²) in [6.07, 6.45) is 2.73. The minimum absolute atomic E-state index is 0.0613. The lowest BCUT2D eigenvalue weighted by atomic mass is 10.0. The Morgan fingerprint density at radius 1 is 1.35 bits per heavy atom. The van der Waals surface area contributed by atoms with Gasteiger partial charge in [-0.15, -0.1) is 0 Å². The molecule has 1 N–H and O–H groups in total. The average molecular weight is 313 g/mol. The Bertz CT molecular complexity index is 668. The summed E-state index contributed by atoms with van der Waals surface area (Å²) >= 11 is 0. The zero-order valence-electron chi connectivity index (χ0n) is 13.0. The lowest BCUT2D eigenvalue weighted by molar-refractivity contribution is -0.122. The van der Waals surface area contributed by atoms with E-state index in [0.29, 0.717) is 24.2 Å². The van der Waals surface area contributed by atoms with E-state index in [0.717, 1.165) is 6.42 Å². The van der Waals surface area contributed by atoms with Gasteiger partial charge in [0.15, 0.2) is 0 Å². The lowest BCUT2D eigenvalue weighted by Crippen LogP contribution is -2.45. The van der Waals surface area contributed by atoms with E-state index < -0.39 is 0 Å². The Morgan fingerprint density at radius 2 is 2.04 bits per heavy atom. The summed E-state index contributed by atoms with van der Waals surface area (Å²) in [7, 11) is 1.65. The van der Waals surface area contributed by atoms with E-state index in [-0.39, 0.29) is 29.8 Å². The minimum Gasteiger partial charge on any atom is -0.351 e. The van der Waals surface area contributed by atoms with Crippen molar-refractivity contribution in [2.45, 2.75) is 24.9 Å². The summed E-state index contributed by atoms with van der Waals surface area (Å²) in [5.41, 5.74) is 1.20. The van der Waals surface area contributed by atoms with E-state index in [1.165, 1.54) is 11.0 Å². The fraction of sp³-hybridized carbons (Fsp3) is 0.353. The van der Waals surface area contributed by atoms with Gasteiger partial charge in [0.05, 0.1) is 0 Å². The summed E-state index contributed by atoms with van der Waals surface area (Å²) in [5, 5.41) is 2.91. The molecule has 1 aromatic carbocycles. The number of piperidine rings is 1. The highest BCUT2D eigenvalue weighted by molar-refractivity contribution is 6.02. The Morgan fingerprint density at radius 3 is 2.70 bits per heavy atom. The van der Waals surface area contributed by atoms with Gasteiger partial charge in [-0.3, -0.25) is 14.4 Å². The Balaban J connectivity index is 1.77. The topological polar surface area (TPSA) is 69.7 Å². The molecule has 0 spiro atoms. The number of likely N-dealkylation sites (tertiary alicyclic amines) is 1. The Kier molecular flexibility index (Phi) is 3.90. The van der Waals surface area contributed by atoms with Gasteiger partial charge in [-0.2, -0.15) is 0 Å². The summed E-state index contributed by atoms with van der Waals surface area (Å²) in [6.45, 7) is 4.04. The Labute approximate surface area is 134 Å². The molecule has 2 heterocycles. The van der Waals surface area contributed by atoms with Crippen LogP contribution in [-0.2, 0) is 9.59 Å². The SMILES string of the molecule is C=CC(=O)N(C)c1ccc(C(=O)N2CCC3CC2C(=O)N3)cc1. The van der Waals surface area contributed by atoms with Crippen LogP contribution in [0.1, 0.15) is 23.2 Å². The zero-order valence-corrected chi connectivity index (χ0v) is 13.0. The number of rotatable bonds is 3. The summed E-state index contributed by atoms with van der Waals surface area (Å²) in [4.78, 5) is 39.2. The largest absolute Gasteiger partial charge is 0.351 e. The van der Waals surface area contributed by atoms with Crippen molar-refractivity contribution in [2.24, 2.45) is 0 Å². The highest BCUT2D eigenvalue weighted by atomic mass is 16.2. The molecule has 2 atom stereocenters. The molecule has 2 saturated heterocycles. The number of hydrogen-bond donors (Lipinski definition) is 1. The maximum absolute atomic E-state index is 12.7. The number of hydrogen-bond acceptors (Lipinski definition) is 3. The molecule has 23 heavy (non-hydrogen) atoms. The van der Waals surface area contributed by atoms with Gasteiger partial charge < -0.3 is 15.1 Å². The molecule has 6 nitrogen and oxygen atoms in total. The van der Waals surface area contributed by atoms with E-state index in [9.17, 15) is 14.4 Å². The molecular weight excluding hydrogens is 294 g/mol. The molecule has 1 aromatic rings.